The molecule has 0 aliphatic heterocycles. The number of aromatic nitrogens is 2. The van der Waals surface area contributed by atoms with E-state index in [4.69, 9.17) is 0 Å². The van der Waals surface area contributed by atoms with E-state index < -0.39 is 22.2 Å². The Labute approximate surface area is 292 Å². The zero-order valence-electron chi connectivity index (χ0n) is 21.0. The van der Waals surface area contributed by atoms with Crippen LogP contribution in [0.4, 0.5) is 0 Å². The average Bonchev–Trinajstić information content (AvgIpc) is 3.64. The van der Waals surface area contributed by atoms with Gasteiger partial charge in [0, 0.05) is 84.8 Å². The topological polar surface area (TPSA) is 98.2 Å². The summed E-state index contributed by atoms with van der Waals surface area (Å²) in [7, 11) is 0. The number of nitrogens with one attached hydrogen (secondary N) is 1. The van der Waals surface area contributed by atoms with Gasteiger partial charge in [0.1, 0.15) is 0 Å². The van der Waals surface area contributed by atoms with Crippen LogP contribution >= 0.6 is 22.7 Å². The molecule has 0 spiro atoms. The van der Waals surface area contributed by atoms with Crippen LogP contribution in [0, 0.1) is 0 Å². The smallest absolute Gasteiger partial charge is 0.587 e. The summed E-state index contributed by atoms with van der Waals surface area (Å²) in [4.78, 5) is 59.6. The van der Waals surface area contributed by atoms with Crippen LogP contribution in [0.25, 0.3) is 106 Å². The molecular formula is C32H9CsN2O4S2. The summed E-state index contributed by atoms with van der Waals surface area (Å²) in [5.74, 6) is 0. The van der Waals surface area contributed by atoms with Crippen LogP contribution < -0.4 is 96.1 Å². The summed E-state index contributed by atoms with van der Waals surface area (Å²) in [6.07, 6.45) is 0. The largest absolute Gasteiger partial charge is 1.00 e. The first-order valence-electron chi connectivity index (χ1n) is 12.7. The van der Waals surface area contributed by atoms with Crippen molar-refractivity contribution in [3.05, 3.63) is 88.6 Å². The van der Waals surface area contributed by atoms with E-state index in [2.05, 4.69) is 16.0 Å². The fourth-order valence-electron chi connectivity index (χ4n) is 7.70. The summed E-state index contributed by atoms with van der Waals surface area (Å²) in [6, 6.07) is 11.7. The third-order valence-electron chi connectivity index (χ3n) is 9.09. The van der Waals surface area contributed by atoms with E-state index in [0.717, 1.165) is 74.0 Å². The van der Waals surface area contributed by atoms with E-state index in [0.29, 0.717) is 32.3 Å². The van der Waals surface area contributed by atoms with Gasteiger partial charge in [-0.2, -0.15) is 0 Å². The number of H-pyrrole nitrogens is 1. The zero-order chi connectivity index (χ0) is 26.3. The van der Waals surface area contributed by atoms with Gasteiger partial charge in [0.2, 0.25) is 0 Å². The van der Waals surface area contributed by atoms with Crippen molar-refractivity contribution >= 4 is 129 Å². The van der Waals surface area contributed by atoms with Gasteiger partial charge < -0.3 is 14.6 Å². The quantitative estimate of drug-likeness (QED) is 0.196. The first kappa shape index (κ1) is 23.7. The Morgan fingerprint density at radius 1 is 0.463 bits per heavy atom. The molecule has 11 rings (SSSR count). The molecule has 11 aromatic rings. The van der Waals surface area contributed by atoms with Gasteiger partial charge in [-0.05, 0) is 68.7 Å². The van der Waals surface area contributed by atoms with E-state index >= 15 is 0 Å². The molecule has 0 saturated carbocycles. The second-order valence-corrected chi connectivity index (χ2v) is 12.6. The van der Waals surface area contributed by atoms with Gasteiger partial charge in [-0.3, -0.25) is 14.6 Å². The Morgan fingerprint density at radius 2 is 0.878 bits per heavy atom. The Kier molecular flexibility index (Phi) is 4.25. The molecule has 0 unspecified atom stereocenters. The van der Waals surface area contributed by atoms with Crippen molar-refractivity contribution < 1.29 is 68.9 Å². The van der Waals surface area contributed by atoms with Crippen LogP contribution in [0.2, 0.25) is 0 Å². The second kappa shape index (κ2) is 7.36. The summed E-state index contributed by atoms with van der Waals surface area (Å²) >= 11 is 3.17. The van der Waals surface area contributed by atoms with Gasteiger partial charge >= 0.3 is 68.9 Å². The van der Waals surface area contributed by atoms with Crippen molar-refractivity contribution in [1.29, 1.82) is 0 Å². The molecule has 0 amide bonds. The van der Waals surface area contributed by atoms with Crippen molar-refractivity contribution in [3.63, 3.8) is 0 Å². The van der Waals surface area contributed by atoms with Crippen LogP contribution in [-0.4, -0.2) is 4.98 Å². The number of hydrogen-bond acceptors (Lipinski definition) is 6. The maximum atomic E-state index is 13.3. The molecule has 6 nitrogen and oxygen atoms in total. The Balaban J connectivity index is 0.00000227. The summed E-state index contributed by atoms with van der Waals surface area (Å²) in [6.45, 7) is 0. The molecule has 0 saturated heterocycles. The van der Waals surface area contributed by atoms with Gasteiger partial charge in [0.05, 0.1) is 11.1 Å². The van der Waals surface area contributed by atoms with Crippen LogP contribution in [0.5, 0.6) is 0 Å². The number of hydrogen-bond donors (Lipinski definition) is 1. The molecule has 1 N–H and O–H groups in total. The third-order valence-corrected chi connectivity index (χ3v) is 11.0. The van der Waals surface area contributed by atoms with Crippen molar-refractivity contribution in [2.75, 3.05) is 0 Å². The number of nitrogens with zero attached hydrogens (tertiary/aromatic N) is 1. The minimum atomic E-state index is -0.519. The Morgan fingerprint density at radius 3 is 1.41 bits per heavy atom. The minimum Gasteiger partial charge on any atom is -0.587 e. The predicted molar refractivity (Wildman–Crippen MR) is 166 cm³/mol. The van der Waals surface area contributed by atoms with Gasteiger partial charge in [0.25, 0.3) is 11.1 Å². The number of benzene rings is 7. The first-order valence-corrected chi connectivity index (χ1v) is 14.5. The van der Waals surface area contributed by atoms with Crippen LogP contribution in [0.15, 0.2) is 66.3 Å². The van der Waals surface area contributed by atoms with Gasteiger partial charge in [0.15, 0.2) is 0 Å². The monoisotopic (exact) mass is 682 g/mol. The standard InChI is InChI=1S/C32H10N2O4S2.Cs/c35-29-15-5-11-9-1-3-39-27(9)13-7-17-20-16(30(36)34-31(17)37)6-12-10-2-4-40-28(10)14-8-18(32(38)33-29)19(15)25-21(11)23(13)26(20)22(12)24(14)25;/h1-8H,(H2,33,34,35,36,37,38);/q;+1/p-1. The SMILES string of the molecule is O=c1[n-]c(=O)c2cc3c4sccc4c4cc5c(=O)[nH]c(=O)c6cc7c8sccc8c8cc1c2c1c8c7c(c56)c4c31.[Cs+]. The number of rotatable bonds is 0. The normalized spacial score (nSPS) is 13.1. The molecule has 0 bridgehead atoms. The molecule has 4 heterocycles. The number of fused-ring (bicyclic) bond motifs is 6. The number of pyridine rings is 2. The van der Waals surface area contributed by atoms with E-state index in [9.17, 15) is 19.2 Å². The average molecular weight is 682 g/mol. The summed E-state index contributed by atoms with van der Waals surface area (Å²) in [5, 5.41) is 18.5. The Bertz CT molecular complexity index is 2780. The molecule has 0 radical (unpaired) electrons. The van der Waals surface area contributed by atoms with Crippen LogP contribution in [0.3, 0.4) is 0 Å². The van der Waals surface area contributed by atoms with Crippen molar-refractivity contribution in [2.45, 2.75) is 0 Å². The van der Waals surface area contributed by atoms with E-state index in [1.165, 1.54) is 0 Å². The fourth-order valence-corrected chi connectivity index (χ4v) is 9.57. The molecule has 0 aliphatic rings. The third kappa shape index (κ3) is 2.44. The molecule has 0 atom stereocenters. The number of aromatic amines is 1. The second-order valence-electron chi connectivity index (χ2n) is 10.7. The van der Waals surface area contributed by atoms with Crippen molar-refractivity contribution in [1.82, 2.24) is 9.97 Å². The van der Waals surface area contributed by atoms with E-state index in [1.54, 1.807) is 22.7 Å². The van der Waals surface area contributed by atoms with E-state index in [-0.39, 0.29) is 68.9 Å². The maximum Gasteiger partial charge on any atom is 1.00 e. The minimum absolute atomic E-state index is 0. The first-order chi connectivity index (χ1) is 19.5. The number of thiophene rings is 2. The van der Waals surface area contributed by atoms with Crippen LogP contribution in [-0.2, 0) is 0 Å². The van der Waals surface area contributed by atoms with Gasteiger partial charge in [-0.15, -0.1) is 22.7 Å². The molecule has 41 heavy (non-hydrogen) atoms. The van der Waals surface area contributed by atoms with Gasteiger partial charge in [-0.25, -0.2) is 0 Å². The molecule has 0 aliphatic carbocycles. The molecule has 4 aromatic heterocycles. The van der Waals surface area contributed by atoms with Gasteiger partial charge in [-0.1, -0.05) is 0 Å². The molecule has 7 aromatic carbocycles. The predicted octanol–water partition coefficient (Wildman–Crippen LogP) is 3.26. The van der Waals surface area contributed by atoms with Crippen LogP contribution in [0.1, 0.15) is 0 Å². The molecular weight excluding hydrogens is 673 g/mol. The van der Waals surface area contributed by atoms with Crippen molar-refractivity contribution in [2.24, 2.45) is 0 Å². The fraction of sp³-hybridized carbons (Fsp3) is 0. The maximum absolute atomic E-state index is 13.3. The molecule has 0 fully saturated rings. The summed E-state index contributed by atoms with van der Waals surface area (Å²) in [5.41, 5.74) is -1.83. The molecule has 9 heteroatoms. The van der Waals surface area contributed by atoms with Crippen molar-refractivity contribution in [3.8, 4) is 0 Å². The Hall–Kier alpha value is -2.87. The van der Waals surface area contributed by atoms with E-state index in [1.807, 2.05) is 41.1 Å². The molecule has 184 valence electrons. The summed E-state index contributed by atoms with van der Waals surface area (Å²) < 4.78 is 2.02. The zero-order valence-corrected chi connectivity index (χ0v) is 28.9.